The highest BCUT2D eigenvalue weighted by molar-refractivity contribution is 5.47. The number of pyridine rings is 1. The summed E-state index contributed by atoms with van der Waals surface area (Å²) in [7, 11) is 2.08. The molecule has 120 valence electrons. The predicted octanol–water partition coefficient (Wildman–Crippen LogP) is 0.724. The lowest BCUT2D eigenvalue weighted by molar-refractivity contribution is -0.119. The molecule has 0 fully saturated rings. The zero-order chi connectivity index (χ0) is 15.8. The van der Waals surface area contributed by atoms with Crippen LogP contribution in [-0.2, 0) is 22.7 Å². The van der Waals surface area contributed by atoms with Crippen LogP contribution < -0.4 is 0 Å². The Bertz CT molecular complexity index is 456. The minimum absolute atomic E-state index is 0.516. The quantitative estimate of drug-likeness (QED) is 0.756. The molecule has 1 aliphatic rings. The summed E-state index contributed by atoms with van der Waals surface area (Å²) in [5.41, 5.74) is 1.72. The van der Waals surface area contributed by atoms with Crippen molar-refractivity contribution in [2.24, 2.45) is 0 Å². The van der Waals surface area contributed by atoms with Gasteiger partial charge < -0.3 is 14.7 Å². The molecule has 0 radical (unpaired) electrons. The Morgan fingerprint density at radius 1 is 0.909 bits per heavy atom. The lowest BCUT2D eigenvalue weighted by Gasteiger charge is -2.23. The Morgan fingerprint density at radius 2 is 1.41 bits per heavy atom. The minimum Gasteiger partial charge on any atom is -0.339 e. The van der Waals surface area contributed by atoms with E-state index in [-0.39, 0.29) is 0 Å². The largest absolute Gasteiger partial charge is 0.339 e. The van der Waals surface area contributed by atoms with Crippen LogP contribution in [0.1, 0.15) is 24.2 Å². The molecule has 1 aromatic rings. The van der Waals surface area contributed by atoms with Crippen molar-refractivity contribution in [3.8, 4) is 0 Å². The van der Waals surface area contributed by atoms with E-state index in [1.807, 2.05) is 18.2 Å². The molecular formula is C16H24N4O2. The zero-order valence-corrected chi connectivity index (χ0v) is 13.1. The summed E-state index contributed by atoms with van der Waals surface area (Å²) in [6, 6.07) is 5.77. The third-order valence-corrected chi connectivity index (χ3v) is 3.86. The van der Waals surface area contributed by atoms with Gasteiger partial charge >= 0.3 is 0 Å². The molecular weight excluding hydrogens is 280 g/mol. The van der Waals surface area contributed by atoms with Gasteiger partial charge in [0.1, 0.15) is 0 Å². The molecule has 1 aliphatic heterocycles. The van der Waals surface area contributed by atoms with Gasteiger partial charge in [-0.2, -0.15) is 0 Å². The van der Waals surface area contributed by atoms with Gasteiger partial charge in [-0.3, -0.25) is 14.6 Å². The summed E-state index contributed by atoms with van der Waals surface area (Å²) < 4.78 is 0. The van der Waals surface area contributed by atoms with Crippen LogP contribution in [0, 0.1) is 0 Å². The number of aromatic nitrogens is 1. The van der Waals surface area contributed by atoms with Gasteiger partial charge in [-0.25, -0.2) is 0 Å². The molecule has 2 bridgehead atoms. The van der Waals surface area contributed by atoms with E-state index in [0.29, 0.717) is 13.1 Å². The van der Waals surface area contributed by atoms with Crippen LogP contribution in [-0.4, -0.2) is 65.7 Å². The predicted molar refractivity (Wildman–Crippen MR) is 83.9 cm³/mol. The molecule has 0 N–H and O–H groups in total. The fraction of sp³-hybridized carbons (Fsp3) is 0.562. The molecule has 0 saturated carbocycles. The Labute approximate surface area is 131 Å². The Kier molecular flexibility index (Phi) is 6.33. The van der Waals surface area contributed by atoms with Gasteiger partial charge in [0.25, 0.3) is 0 Å². The zero-order valence-electron chi connectivity index (χ0n) is 13.1. The molecule has 0 aromatic carbocycles. The van der Waals surface area contributed by atoms with E-state index >= 15 is 0 Å². The van der Waals surface area contributed by atoms with Crippen molar-refractivity contribution >= 4 is 12.8 Å². The highest BCUT2D eigenvalue weighted by atomic mass is 16.1. The SMILES string of the molecule is CN1CCCN(C=O)Cc2cccc(n2)CN(C=O)CCC1. The van der Waals surface area contributed by atoms with Crippen LogP contribution in [0.15, 0.2) is 18.2 Å². The average Bonchev–Trinajstić information content (AvgIpc) is 2.52. The highest BCUT2D eigenvalue weighted by Gasteiger charge is 2.10. The van der Waals surface area contributed by atoms with Gasteiger partial charge in [-0.05, 0) is 45.1 Å². The molecule has 0 aliphatic carbocycles. The Morgan fingerprint density at radius 3 is 1.86 bits per heavy atom. The lowest BCUT2D eigenvalue weighted by atomic mass is 10.2. The van der Waals surface area contributed by atoms with Gasteiger partial charge in [0, 0.05) is 13.1 Å². The van der Waals surface area contributed by atoms with Gasteiger partial charge in [-0.15, -0.1) is 0 Å². The molecule has 6 nitrogen and oxygen atoms in total. The third-order valence-electron chi connectivity index (χ3n) is 3.86. The number of amides is 2. The Hall–Kier alpha value is -1.95. The molecule has 0 spiro atoms. The average molecular weight is 304 g/mol. The lowest BCUT2D eigenvalue weighted by Crippen LogP contribution is -2.31. The number of hydrogen-bond donors (Lipinski definition) is 0. The van der Waals surface area contributed by atoms with E-state index in [1.165, 1.54) is 0 Å². The molecule has 22 heavy (non-hydrogen) atoms. The normalized spacial score (nSPS) is 18.6. The molecule has 0 unspecified atom stereocenters. The first-order valence-corrected chi connectivity index (χ1v) is 7.73. The van der Waals surface area contributed by atoms with Crippen LogP contribution in [0.2, 0.25) is 0 Å². The first-order valence-electron chi connectivity index (χ1n) is 7.73. The maximum atomic E-state index is 11.2. The van der Waals surface area contributed by atoms with Gasteiger partial charge in [0.05, 0.1) is 24.5 Å². The van der Waals surface area contributed by atoms with E-state index in [1.54, 1.807) is 9.80 Å². The van der Waals surface area contributed by atoms with E-state index in [0.717, 1.165) is 63.2 Å². The van der Waals surface area contributed by atoms with Crippen LogP contribution in [0.5, 0.6) is 0 Å². The number of carbonyl (C=O) groups is 2. The van der Waals surface area contributed by atoms with E-state index < -0.39 is 0 Å². The fourth-order valence-corrected chi connectivity index (χ4v) is 2.66. The first-order chi connectivity index (χ1) is 10.7. The second-order valence-corrected chi connectivity index (χ2v) is 5.78. The van der Waals surface area contributed by atoms with Crippen molar-refractivity contribution in [2.45, 2.75) is 25.9 Å². The van der Waals surface area contributed by atoms with Crippen molar-refractivity contribution in [3.63, 3.8) is 0 Å². The molecule has 1 aromatic heterocycles. The van der Waals surface area contributed by atoms with Crippen molar-refractivity contribution in [1.82, 2.24) is 19.7 Å². The third kappa shape index (κ3) is 5.11. The van der Waals surface area contributed by atoms with Crippen LogP contribution in [0.3, 0.4) is 0 Å². The van der Waals surface area contributed by atoms with Crippen LogP contribution in [0.4, 0.5) is 0 Å². The molecule has 2 rings (SSSR count). The van der Waals surface area contributed by atoms with Crippen LogP contribution in [0.25, 0.3) is 0 Å². The van der Waals surface area contributed by atoms with Crippen molar-refractivity contribution in [3.05, 3.63) is 29.6 Å². The van der Waals surface area contributed by atoms with Crippen molar-refractivity contribution in [1.29, 1.82) is 0 Å². The van der Waals surface area contributed by atoms with Crippen LogP contribution >= 0.6 is 0 Å². The smallest absolute Gasteiger partial charge is 0.210 e. The monoisotopic (exact) mass is 304 g/mol. The van der Waals surface area contributed by atoms with Crippen molar-refractivity contribution < 1.29 is 9.59 Å². The van der Waals surface area contributed by atoms with E-state index in [9.17, 15) is 9.59 Å². The summed E-state index contributed by atoms with van der Waals surface area (Å²) in [6.45, 7) is 4.39. The molecule has 2 heterocycles. The van der Waals surface area contributed by atoms with Crippen molar-refractivity contribution in [2.75, 3.05) is 33.2 Å². The Balaban J connectivity index is 2.14. The molecule has 0 atom stereocenters. The molecule has 0 saturated heterocycles. The number of rotatable bonds is 2. The summed E-state index contributed by atoms with van der Waals surface area (Å²) in [4.78, 5) is 32.7. The number of carbonyl (C=O) groups excluding carboxylic acids is 2. The second kappa shape index (κ2) is 8.48. The molecule has 2 amide bonds. The number of nitrogens with zero attached hydrogens (tertiary/aromatic N) is 4. The van der Waals surface area contributed by atoms with Gasteiger partial charge in [-0.1, -0.05) is 6.07 Å². The topological polar surface area (TPSA) is 56.8 Å². The number of fused-ring (bicyclic) bond motifs is 2. The summed E-state index contributed by atoms with van der Waals surface area (Å²) in [5, 5.41) is 0. The first kappa shape index (κ1) is 16.4. The molecule has 6 heteroatoms. The van der Waals surface area contributed by atoms with E-state index in [2.05, 4.69) is 16.9 Å². The second-order valence-electron chi connectivity index (χ2n) is 5.78. The summed E-state index contributed by atoms with van der Waals surface area (Å²) in [6.07, 6.45) is 3.65. The maximum absolute atomic E-state index is 11.2. The number of hydrogen-bond acceptors (Lipinski definition) is 4. The van der Waals surface area contributed by atoms with E-state index in [4.69, 9.17) is 0 Å². The van der Waals surface area contributed by atoms with Gasteiger partial charge in [0.15, 0.2) is 0 Å². The maximum Gasteiger partial charge on any atom is 0.210 e. The summed E-state index contributed by atoms with van der Waals surface area (Å²) >= 11 is 0. The highest BCUT2D eigenvalue weighted by Crippen LogP contribution is 2.07. The minimum atomic E-state index is 0.516. The van der Waals surface area contributed by atoms with Gasteiger partial charge in [0.2, 0.25) is 12.8 Å². The fourth-order valence-electron chi connectivity index (χ4n) is 2.66. The standard InChI is InChI=1S/C16H24N4O2/c1-18-7-3-9-19(13-21)11-15-5-2-6-16(17-15)12-20(14-22)10-4-8-18/h2,5-6,13-14H,3-4,7-12H2,1H3. The summed E-state index contributed by atoms with van der Waals surface area (Å²) in [5.74, 6) is 0.